The Morgan fingerprint density at radius 2 is 2.17 bits per heavy atom. The van der Waals surface area contributed by atoms with E-state index in [9.17, 15) is 5.26 Å². The summed E-state index contributed by atoms with van der Waals surface area (Å²) in [5, 5.41) is 23.8. The first-order valence-electron chi connectivity index (χ1n) is 8.45. The predicted molar refractivity (Wildman–Crippen MR) is 108 cm³/mol. The third-order valence-electron chi connectivity index (χ3n) is 4.23. The molecule has 0 fully saturated rings. The van der Waals surface area contributed by atoms with Gasteiger partial charge in [-0.05, 0) is 6.07 Å². The number of nitriles is 2. The van der Waals surface area contributed by atoms with Crippen molar-refractivity contribution in [1.29, 1.82) is 10.5 Å². The van der Waals surface area contributed by atoms with Gasteiger partial charge in [-0.2, -0.15) is 10.5 Å². The number of anilines is 3. The van der Waals surface area contributed by atoms with Crippen LogP contribution in [0.2, 0.25) is 0 Å². The average Bonchev–Trinajstić information content (AvgIpc) is 2.71. The number of hydrogen-bond donors (Lipinski definition) is 4. The lowest BCUT2D eigenvalue weighted by Crippen LogP contribution is -2.33. The van der Waals surface area contributed by atoms with Crippen molar-refractivity contribution in [3.05, 3.63) is 47.5 Å². The van der Waals surface area contributed by atoms with Gasteiger partial charge in [0, 0.05) is 11.1 Å². The van der Waals surface area contributed by atoms with Gasteiger partial charge in [0.25, 0.3) is 0 Å². The molecule has 0 saturated heterocycles. The molecule has 1 unspecified atom stereocenters. The van der Waals surface area contributed by atoms with Gasteiger partial charge in [0.05, 0.1) is 12.8 Å². The van der Waals surface area contributed by atoms with Crippen molar-refractivity contribution in [1.82, 2.24) is 10.3 Å². The van der Waals surface area contributed by atoms with Crippen molar-refractivity contribution < 1.29 is 9.47 Å². The van der Waals surface area contributed by atoms with Crippen molar-refractivity contribution in [2.75, 3.05) is 30.5 Å². The molecule has 0 bridgehead atoms. The van der Waals surface area contributed by atoms with Crippen LogP contribution in [0.15, 0.2) is 35.8 Å². The summed E-state index contributed by atoms with van der Waals surface area (Å²) in [7, 11) is 1.52. The summed E-state index contributed by atoms with van der Waals surface area (Å²) in [6, 6.07) is 6.53. The molecule has 10 nitrogen and oxygen atoms in total. The number of nitrogens with two attached hydrogens (primary N) is 2. The monoisotopic (exact) mass is 390 g/mol. The molecule has 0 spiro atoms. The van der Waals surface area contributed by atoms with E-state index in [-0.39, 0.29) is 35.5 Å². The van der Waals surface area contributed by atoms with Gasteiger partial charge in [-0.25, -0.2) is 9.98 Å². The van der Waals surface area contributed by atoms with E-state index in [1.165, 1.54) is 7.11 Å². The normalized spacial score (nSPS) is 14.3. The van der Waals surface area contributed by atoms with E-state index in [4.69, 9.17) is 26.2 Å². The molecule has 6 N–H and O–H groups in total. The molecule has 0 radical (unpaired) electrons. The fourth-order valence-electron chi connectivity index (χ4n) is 3.01. The lowest BCUT2D eigenvalue weighted by atomic mass is 9.94. The van der Waals surface area contributed by atoms with Crippen molar-refractivity contribution >= 4 is 23.3 Å². The third-order valence-corrected chi connectivity index (χ3v) is 4.23. The van der Waals surface area contributed by atoms with E-state index in [1.54, 1.807) is 24.3 Å². The Hall–Kier alpha value is -4.44. The van der Waals surface area contributed by atoms with Gasteiger partial charge >= 0.3 is 0 Å². The van der Waals surface area contributed by atoms with E-state index in [2.05, 4.69) is 27.2 Å². The van der Waals surface area contributed by atoms with E-state index >= 15 is 0 Å². The summed E-state index contributed by atoms with van der Waals surface area (Å²) >= 11 is 0. The van der Waals surface area contributed by atoms with Crippen LogP contribution in [0.25, 0.3) is 0 Å². The summed E-state index contributed by atoms with van der Waals surface area (Å²) < 4.78 is 11.2. The molecule has 1 aliphatic heterocycles. The van der Waals surface area contributed by atoms with Gasteiger partial charge < -0.3 is 26.3 Å². The number of ether oxygens (including phenoxy) is 2. The Bertz CT molecular complexity index is 1080. The number of pyridine rings is 1. The minimum atomic E-state index is -0.739. The molecule has 1 aromatic heterocycles. The molecule has 2 aromatic rings. The molecular weight excluding hydrogens is 372 g/mol. The summed E-state index contributed by atoms with van der Waals surface area (Å²) in [6.45, 7) is 3.90. The lowest BCUT2D eigenvalue weighted by molar-refractivity contribution is 0.322. The topological polar surface area (TPSA) is 167 Å². The highest BCUT2D eigenvalue weighted by atomic mass is 16.5. The maximum atomic E-state index is 9.43. The SMILES string of the molecule is C=CCOc1c(OC)cccc1C1N=C(NC#N)Nc2nc(N)c(C#N)c(N)c21. The molecule has 1 aliphatic rings. The fraction of sp³-hybridized carbons (Fsp3) is 0.158. The Kier molecular flexibility index (Phi) is 5.37. The van der Waals surface area contributed by atoms with Crippen LogP contribution in [-0.4, -0.2) is 24.7 Å². The van der Waals surface area contributed by atoms with Gasteiger partial charge in [-0.15, -0.1) is 0 Å². The van der Waals surface area contributed by atoms with Crippen molar-refractivity contribution in [3.8, 4) is 23.8 Å². The number of hydrogen-bond acceptors (Lipinski definition) is 10. The van der Waals surface area contributed by atoms with Crippen LogP contribution < -0.4 is 31.6 Å². The van der Waals surface area contributed by atoms with Crippen LogP contribution in [0.1, 0.15) is 22.7 Å². The first-order chi connectivity index (χ1) is 14.0. The third kappa shape index (κ3) is 3.42. The summed E-state index contributed by atoms with van der Waals surface area (Å²) in [5.74, 6) is 1.33. The minimum absolute atomic E-state index is 0.0259. The van der Waals surface area contributed by atoms with Crippen molar-refractivity contribution in [2.45, 2.75) is 6.04 Å². The number of aromatic nitrogens is 1. The number of aliphatic imine (C=N–C) groups is 1. The quantitative estimate of drug-likeness (QED) is 0.337. The standard InChI is InChI=1S/C19H18N8O2/c1-3-7-29-16-10(5-4-6-12(16)28-2)15-13-14(22)11(8-20)17(23)26-18(13)27-19(25-15)24-9-21/h3-6,15H,1,7H2,2H3,(H6,22,23,24,25,26,27). The zero-order valence-corrected chi connectivity index (χ0v) is 15.6. The van der Waals surface area contributed by atoms with Gasteiger partial charge in [0.15, 0.2) is 17.7 Å². The van der Waals surface area contributed by atoms with Crippen LogP contribution in [-0.2, 0) is 0 Å². The molecule has 2 heterocycles. The number of para-hydroxylation sites is 1. The van der Waals surface area contributed by atoms with Gasteiger partial charge in [-0.1, -0.05) is 24.8 Å². The van der Waals surface area contributed by atoms with Crippen LogP contribution in [0.3, 0.4) is 0 Å². The molecule has 29 heavy (non-hydrogen) atoms. The smallest absolute Gasteiger partial charge is 0.211 e. The molecule has 0 amide bonds. The van der Waals surface area contributed by atoms with Crippen LogP contribution >= 0.6 is 0 Å². The molecule has 1 atom stereocenters. The summed E-state index contributed by atoms with van der Waals surface area (Å²) in [4.78, 5) is 8.77. The maximum absolute atomic E-state index is 9.43. The van der Waals surface area contributed by atoms with Crippen molar-refractivity contribution in [2.24, 2.45) is 4.99 Å². The number of rotatable bonds is 5. The second-order valence-corrected chi connectivity index (χ2v) is 5.88. The number of benzene rings is 1. The Labute approximate surface area is 167 Å². The summed E-state index contributed by atoms with van der Waals surface area (Å²) in [6.07, 6.45) is 3.41. The van der Waals surface area contributed by atoms with Gasteiger partial charge in [0.1, 0.15) is 35.9 Å². The van der Waals surface area contributed by atoms with E-state index < -0.39 is 6.04 Å². The van der Waals surface area contributed by atoms with Crippen LogP contribution in [0.5, 0.6) is 11.5 Å². The van der Waals surface area contributed by atoms with Gasteiger partial charge in [-0.3, -0.25) is 5.32 Å². The Morgan fingerprint density at radius 1 is 1.38 bits per heavy atom. The average molecular weight is 390 g/mol. The highest BCUT2D eigenvalue weighted by molar-refractivity contribution is 5.98. The first-order valence-corrected chi connectivity index (χ1v) is 8.45. The lowest BCUT2D eigenvalue weighted by Gasteiger charge is -2.27. The zero-order chi connectivity index (χ0) is 21.0. The molecule has 146 valence electrons. The molecule has 0 aliphatic carbocycles. The number of nitrogen functional groups attached to an aromatic ring is 2. The zero-order valence-electron chi connectivity index (χ0n) is 15.6. The minimum Gasteiger partial charge on any atom is -0.493 e. The Morgan fingerprint density at radius 3 is 2.83 bits per heavy atom. The van der Waals surface area contributed by atoms with E-state index in [0.29, 0.717) is 22.6 Å². The van der Waals surface area contributed by atoms with E-state index in [1.807, 2.05) is 12.3 Å². The molecule has 1 aromatic carbocycles. The van der Waals surface area contributed by atoms with Gasteiger partial charge in [0.2, 0.25) is 5.96 Å². The molecular formula is C19H18N8O2. The van der Waals surface area contributed by atoms with Crippen LogP contribution in [0, 0.1) is 22.8 Å². The second kappa shape index (κ2) is 8.06. The Balaban J connectivity index is 2.28. The number of fused-ring (bicyclic) bond motifs is 1. The fourth-order valence-corrected chi connectivity index (χ4v) is 3.01. The number of guanidine groups is 1. The molecule has 3 rings (SSSR count). The maximum Gasteiger partial charge on any atom is 0.211 e. The molecule has 0 saturated carbocycles. The predicted octanol–water partition coefficient (Wildman–Crippen LogP) is 1.63. The highest BCUT2D eigenvalue weighted by Crippen LogP contribution is 2.45. The number of methoxy groups -OCH3 is 1. The largest absolute Gasteiger partial charge is 0.493 e. The van der Waals surface area contributed by atoms with Crippen LogP contribution in [0.4, 0.5) is 17.3 Å². The number of nitrogens with zero attached hydrogens (tertiary/aromatic N) is 4. The highest BCUT2D eigenvalue weighted by Gasteiger charge is 2.32. The summed E-state index contributed by atoms with van der Waals surface area (Å²) in [5.41, 5.74) is 13.4. The number of nitrogens with one attached hydrogen (secondary N) is 2. The van der Waals surface area contributed by atoms with Crippen molar-refractivity contribution in [3.63, 3.8) is 0 Å². The second-order valence-electron chi connectivity index (χ2n) is 5.88. The molecule has 10 heteroatoms. The van der Waals surface area contributed by atoms with E-state index in [0.717, 1.165) is 0 Å². The first kappa shape index (κ1) is 19.3.